The number of rotatable bonds is 1. The normalized spacial score (nSPS) is 28.1. The summed E-state index contributed by atoms with van der Waals surface area (Å²) < 4.78 is 0. The SMILES string of the molecule is Cl.NC1CCC2CN(C(=O)c3ccc(Cl)c(Cl)c3)CC12. The molecule has 1 aromatic carbocycles. The molecule has 1 amide bonds. The Hall–Kier alpha value is -0.480. The van der Waals surface area contributed by atoms with Crippen molar-refractivity contribution in [3.05, 3.63) is 33.8 Å². The molecular weight excluding hydrogens is 319 g/mol. The standard InChI is InChI=1S/C14H16Cl2N2O.ClH/c15-11-3-1-8(5-12(11)16)14(19)18-6-9-2-4-13(17)10(9)7-18;/h1,3,5,9-10,13H,2,4,6-7,17H2;1H. The topological polar surface area (TPSA) is 46.3 Å². The van der Waals surface area contributed by atoms with Gasteiger partial charge in [0, 0.05) is 24.7 Å². The Morgan fingerprint density at radius 3 is 2.60 bits per heavy atom. The molecule has 3 rings (SSSR count). The van der Waals surface area contributed by atoms with Crippen LogP contribution < -0.4 is 5.73 Å². The van der Waals surface area contributed by atoms with Crippen molar-refractivity contribution in [3.63, 3.8) is 0 Å². The highest BCUT2D eigenvalue weighted by molar-refractivity contribution is 6.42. The maximum Gasteiger partial charge on any atom is 0.253 e. The van der Waals surface area contributed by atoms with E-state index in [9.17, 15) is 4.79 Å². The highest BCUT2D eigenvalue weighted by Crippen LogP contribution is 2.37. The predicted octanol–water partition coefficient (Wildman–Crippen LogP) is 3.22. The molecule has 2 fully saturated rings. The molecule has 6 heteroatoms. The van der Waals surface area contributed by atoms with Crippen LogP contribution >= 0.6 is 35.6 Å². The molecule has 1 aromatic rings. The van der Waals surface area contributed by atoms with Crippen molar-refractivity contribution in [1.29, 1.82) is 0 Å². The number of hydrogen-bond donors (Lipinski definition) is 1. The summed E-state index contributed by atoms with van der Waals surface area (Å²) in [5.74, 6) is 1.06. The van der Waals surface area contributed by atoms with Crippen molar-refractivity contribution >= 4 is 41.5 Å². The summed E-state index contributed by atoms with van der Waals surface area (Å²) in [5, 5.41) is 0.891. The Morgan fingerprint density at radius 2 is 1.95 bits per heavy atom. The molecule has 110 valence electrons. The summed E-state index contributed by atoms with van der Waals surface area (Å²) in [6, 6.07) is 5.28. The van der Waals surface area contributed by atoms with E-state index in [-0.39, 0.29) is 24.4 Å². The second-order valence-corrected chi connectivity index (χ2v) is 6.32. The van der Waals surface area contributed by atoms with Gasteiger partial charge in [-0.05, 0) is 42.9 Å². The van der Waals surface area contributed by atoms with E-state index in [0.29, 0.717) is 27.4 Å². The van der Waals surface area contributed by atoms with Crippen LogP contribution in [0, 0.1) is 11.8 Å². The van der Waals surface area contributed by atoms with Gasteiger partial charge < -0.3 is 10.6 Å². The third-order valence-electron chi connectivity index (χ3n) is 4.37. The third-order valence-corrected chi connectivity index (χ3v) is 5.11. The number of amides is 1. The Bertz CT molecular complexity index is 523. The monoisotopic (exact) mass is 334 g/mol. The van der Waals surface area contributed by atoms with E-state index < -0.39 is 0 Å². The lowest BCUT2D eigenvalue weighted by molar-refractivity contribution is 0.0779. The first-order chi connectivity index (χ1) is 9.06. The van der Waals surface area contributed by atoms with Gasteiger partial charge in [-0.2, -0.15) is 0 Å². The molecule has 2 aliphatic rings. The number of nitrogens with two attached hydrogens (primary N) is 1. The largest absolute Gasteiger partial charge is 0.338 e. The minimum atomic E-state index is 0. The first kappa shape index (κ1) is 15.9. The van der Waals surface area contributed by atoms with Gasteiger partial charge in [0.25, 0.3) is 5.91 Å². The third kappa shape index (κ3) is 2.77. The number of nitrogens with zero attached hydrogens (tertiary/aromatic N) is 1. The average molecular weight is 336 g/mol. The van der Waals surface area contributed by atoms with Gasteiger partial charge in [-0.3, -0.25) is 4.79 Å². The number of carbonyl (C=O) groups is 1. The van der Waals surface area contributed by atoms with Gasteiger partial charge in [0.1, 0.15) is 0 Å². The van der Waals surface area contributed by atoms with Crippen LogP contribution in [0.4, 0.5) is 0 Å². The molecule has 0 radical (unpaired) electrons. The fourth-order valence-electron chi connectivity index (χ4n) is 3.29. The summed E-state index contributed by atoms with van der Waals surface area (Å²) in [7, 11) is 0. The van der Waals surface area contributed by atoms with Crippen LogP contribution in [-0.2, 0) is 0 Å². The number of halogens is 3. The van der Waals surface area contributed by atoms with Gasteiger partial charge in [0.15, 0.2) is 0 Å². The van der Waals surface area contributed by atoms with Crippen LogP contribution in [0.15, 0.2) is 18.2 Å². The number of fused-ring (bicyclic) bond motifs is 1. The summed E-state index contributed by atoms with van der Waals surface area (Å²) in [6.45, 7) is 1.59. The molecule has 1 heterocycles. The Kier molecular flexibility index (Phi) is 4.85. The molecule has 0 bridgehead atoms. The molecule has 3 atom stereocenters. The lowest BCUT2D eigenvalue weighted by Crippen LogP contribution is -2.33. The summed E-state index contributed by atoms with van der Waals surface area (Å²) >= 11 is 11.8. The zero-order valence-corrected chi connectivity index (χ0v) is 13.2. The highest BCUT2D eigenvalue weighted by Gasteiger charge is 2.42. The molecule has 3 unspecified atom stereocenters. The van der Waals surface area contributed by atoms with Crippen molar-refractivity contribution in [2.24, 2.45) is 17.6 Å². The Morgan fingerprint density at radius 1 is 1.20 bits per heavy atom. The second kappa shape index (κ2) is 6.10. The molecule has 1 saturated carbocycles. The Labute approximate surface area is 134 Å². The smallest absolute Gasteiger partial charge is 0.253 e. The van der Waals surface area contributed by atoms with Crippen LogP contribution in [0.25, 0.3) is 0 Å². The average Bonchev–Trinajstić information content (AvgIpc) is 2.95. The van der Waals surface area contributed by atoms with E-state index in [1.54, 1.807) is 18.2 Å². The van der Waals surface area contributed by atoms with E-state index >= 15 is 0 Å². The van der Waals surface area contributed by atoms with E-state index in [0.717, 1.165) is 25.9 Å². The molecule has 20 heavy (non-hydrogen) atoms. The van der Waals surface area contributed by atoms with Gasteiger partial charge in [-0.25, -0.2) is 0 Å². The lowest BCUT2D eigenvalue weighted by Gasteiger charge is -2.19. The molecule has 0 aromatic heterocycles. The second-order valence-electron chi connectivity index (χ2n) is 5.50. The fraction of sp³-hybridized carbons (Fsp3) is 0.500. The maximum atomic E-state index is 12.4. The van der Waals surface area contributed by atoms with Gasteiger partial charge in [0.2, 0.25) is 0 Å². The predicted molar refractivity (Wildman–Crippen MR) is 83.8 cm³/mol. The molecule has 0 spiro atoms. The van der Waals surface area contributed by atoms with Crippen LogP contribution in [0.2, 0.25) is 10.0 Å². The van der Waals surface area contributed by atoms with Gasteiger partial charge >= 0.3 is 0 Å². The fourth-order valence-corrected chi connectivity index (χ4v) is 3.58. The Balaban J connectivity index is 0.00000147. The minimum absolute atomic E-state index is 0. The summed E-state index contributed by atoms with van der Waals surface area (Å²) in [5.41, 5.74) is 6.69. The van der Waals surface area contributed by atoms with E-state index in [1.807, 2.05) is 4.90 Å². The maximum absolute atomic E-state index is 12.4. The first-order valence-electron chi connectivity index (χ1n) is 6.56. The lowest BCUT2D eigenvalue weighted by atomic mass is 9.98. The number of benzene rings is 1. The molecular formula is C14H17Cl3N2O. The highest BCUT2D eigenvalue weighted by atomic mass is 35.5. The van der Waals surface area contributed by atoms with Crippen molar-refractivity contribution in [3.8, 4) is 0 Å². The van der Waals surface area contributed by atoms with E-state index in [4.69, 9.17) is 28.9 Å². The summed E-state index contributed by atoms with van der Waals surface area (Å²) in [6.07, 6.45) is 2.22. The molecule has 3 nitrogen and oxygen atoms in total. The molecule has 1 aliphatic heterocycles. The van der Waals surface area contributed by atoms with Crippen molar-refractivity contribution in [2.75, 3.05) is 13.1 Å². The van der Waals surface area contributed by atoms with Crippen LogP contribution in [0.3, 0.4) is 0 Å². The van der Waals surface area contributed by atoms with Crippen LogP contribution in [0.5, 0.6) is 0 Å². The van der Waals surface area contributed by atoms with E-state index in [1.165, 1.54) is 0 Å². The van der Waals surface area contributed by atoms with Crippen molar-refractivity contribution in [2.45, 2.75) is 18.9 Å². The molecule has 1 aliphatic carbocycles. The first-order valence-corrected chi connectivity index (χ1v) is 7.32. The van der Waals surface area contributed by atoms with Crippen LogP contribution in [-0.4, -0.2) is 29.9 Å². The van der Waals surface area contributed by atoms with Gasteiger partial charge in [-0.1, -0.05) is 23.2 Å². The van der Waals surface area contributed by atoms with Gasteiger partial charge in [-0.15, -0.1) is 12.4 Å². The zero-order chi connectivity index (χ0) is 13.6. The molecule has 2 N–H and O–H groups in total. The van der Waals surface area contributed by atoms with Crippen LogP contribution in [0.1, 0.15) is 23.2 Å². The quantitative estimate of drug-likeness (QED) is 0.856. The minimum Gasteiger partial charge on any atom is -0.338 e. The molecule has 1 saturated heterocycles. The number of likely N-dealkylation sites (tertiary alicyclic amines) is 1. The van der Waals surface area contributed by atoms with Crippen molar-refractivity contribution in [1.82, 2.24) is 4.90 Å². The number of hydrogen-bond acceptors (Lipinski definition) is 2. The van der Waals surface area contributed by atoms with Crippen molar-refractivity contribution < 1.29 is 4.79 Å². The number of carbonyl (C=O) groups excluding carboxylic acids is 1. The van der Waals surface area contributed by atoms with E-state index in [2.05, 4.69) is 0 Å². The van der Waals surface area contributed by atoms with Gasteiger partial charge in [0.05, 0.1) is 10.0 Å². The zero-order valence-electron chi connectivity index (χ0n) is 10.9. The summed E-state index contributed by atoms with van der Waals surface area (Å²) in [4.78, 5) is 14.3.